The Morgan fingerprint density at radius 1 is 1.27 bits per heavy atom. The highest BCUT2D eigenvalue weighted by Gasteiger charge is 2.35. The molecule has 22 heavy (non-hydrogen) atoms. The molecule has 0 radical (unpaired) electrons. The van der Waals surface area contributed by atoms with Gasteiger partial charge in [0.25, 0.3) is 4.63 Å². The molecule has 1 N–H and O–H groups in total. The van der Waals surface area contributed by atoms with Crippen molar-refractivity contribution in [1.29, 1.82) is 5.26 Å². The Hall–Kier alpha value is -2.39. The molecule has 2 heterocycles. The molecule has 1 aliphatic rings. The van der Waals surface area contributed by atoms with Gasteiger partial charge in [0.2, 0.25) is 0 Å². The van der Waals surface area contributed by atoms with Gasteiger partial charge in [-0.2, -0.15) is 5.26 Å². The minimum Gasteiger partial charge on any atom is -0.459 e. The minimum atomic E-state index is -0.929. The molecule has 0 fully saturated rings. The molecule has 3 rings (SSSR count). The van der Waals surface area contributed by atoms with Crippen LogP contribution in [0.25, 0.3) is 5.70 Å². The highest BCUT2D eigenvalue weighted by molar-refractivity contribution is 9.09. The maximum atomic E-state index is 13.0. The van der Waals surface area contributed by atoms with Crippen molar-refractivity contribution in [3.05, 3.63) is 71.5 Å². The van der Waals surface area contributed by atoms with Crippen LogP contribution in [0.4, 0.5) is 4.39 Å². The third-order valence-electron chi connectivity index (χ3n) is 3.25. The van der Waals surface area contributed by atoms with Crippen molar-refractivity contribution < 1.29 is 9.13 Å². The molecule has 0 saturated heterocycles. The molecular weight excluding hydrogens is 349 g/mol. The van der Waals surface area contributed by atoms with Crippen molar-refractivity contribution in [1.82, 2.24) is 10.3 Å². The number of nitrogens with zero attached hydrogens (tertiary/aromatic N) is 2. The van der Waals surface area contributed by atoms with Crippen LogP contribution in [0.5, 0.6) is 0 Å². The maximum absolute atomic E-state index is 13.0. The summed E-state index contributed by atoms with van der Waals surface area (Å²) in [5.74, 6) is -0.302. The van der Waals surface area contributed by atoms with Gasteiger partial charge in [-0.1, -0.05) is 0 Å². The number of aromatic nitrogens is 1. The summed E-state index contributed by atoms with van der Waals surface area (Å²) in [6.45, 7) is 0. The van der Waals surface area contributed by atoms with E-state index in [1.54, 1.807) is 30.7 Å². The summed E-state index contributed by atoms with van der Waals surface area (Å²) in [6.07, 6.45) is 3.54. The first-order chi connectivity index (χ1) is 10.6. The van der Waals surface area contributed by atoms with Crippen LogP contribution in [0.3, 0.4) is 0 Å². The van der Waals surface area contributed by atoms with Gasteiger partial charge >= 0.3 is 0 Å². The van der Waals surface area contributed by atoms with Crippen molar-refractivity contribution in [2.45, 2.75) is 11.1 Å². The van der Waals surface area contributed by atoms with E-state index in [2.05, 4.69) is 32.3 Å². The molecule has 0 aliphatic carbocycles. The fourth-order valence-electron chi connectivity index (χ4n) is 2.09. The monoisotopic (exact) mass is 359 g/mol. The van der Waals surface area contributed by atoms with Crippen molar-refractivity contribution in [3.8, 4) is 6.07 Å². The van der Waals surface area contributed by atoms with Crippen molar-refractivity contribution in [2.24, 2.45) is 0 Å². The van der Waals surface area contributed by atoms with E-state index in [0.717, 1.165) is 22.5 Å². The van der Waals surface area contributed by atoms with E-state index in [9.17, 15) is 4.39 Å². The smallest absolute Gasteiger partial charge is 0.263 e. The van der Waals surface area contributed by atoms with Gasteiger partial charge in [-0.25, -0.2) is 4.39 Å². The zero-order chi connectivity index (χ0) is 15.6. The lowest BCUT2D eigenvalue weighted by Gasteiger charge is -2.23. The van der Waals surface area contributed by atoms with E-state index in [-0.39, 0.29) is 12.2 Å². The second kappa shape index (κ2) is 5.78. The maximum Gasteiger partial charge on any atom is 0.263 e. The third kappa shape index (κ3) is 2.81. The molecule has 1 unspecified atom stereocenters. The fourth-order valence-corrected chi connectivity index (χ4v) is 2.66. The summed E-state index contributed by atoms with van der Waals surface area (Å²) < 4.78 is 17.7. The highest BCUT2D eigenvalue weighted by Crippen LogP contribution is 2.37. The van der Waals surface area contributed by atoms with Crippen molar-refractivity contribution in [3.63, 3.8) is 0 Å². The highest BCUT2D eigenvalue weighted by atomic mass is 79.9. The second-order valence-corrected chi connectivity index (χ2v) is 5.87. The average molecular weight is 360 g/mol. The van der Waals surface area contributed by atoms with Gasteiger partial charge < -0.3 is 10.1 Å². The molecule has 1 aromatic heterocycles. The van der Waals surface area contributed by atoms with Gasteiger partial charge in [-0.05, 0) is 52.3 Å². The van der Waals surface area contributed by atoms with E-state index >= 15 is 0 Å². The van der Waals surface area contributed by atoms with E-state index in [0.29, 0.717) is 0 Å². The number of nitrogens with one attached hydrogen (secondary N) is 1. The Morgan fingerprint density at radius 3 is 2.68 bits per heavy atom. The lowest BCUT2D eigenvalue weighted by molar-refractivity contribution is 0.124. The van der Waals surface area contributed by atoms with Gasteiger partial charge in [0.05, 0.1) is 23.9 Å². The Bertz CT molecular complexity index is 752. The number of pyridine rings is 1. The molecule has 0 amide bonds. The van der Waals surface area contributed by atoms with E-state index in [1.807, 2.05) is 6.07 Å². The van der Waals surface area contributed by atoms with Crippen LogP contribution in [-0.4, -0.2) is 4.98 Å². The normalized spacial score (nSPS) is 19.8. The number of hydrogen-bond acceptors (Lipinski definition) is 4. The van der Waals surface area contributed by atoms with E-state index < -0.39 is 4.63 Å². The summed E-state index contributed by atoms with van der Waals surface area (Å²) in [5, 5.41) is 11.8. The Kier molecular flexibility index (Phi) is 3.82. The van der Waals surface area contributed by atoms with Gasteiger partial charge in [0.1, 0.15) is 12.1 Å². The van der Waals surface area contributed by atoms with Crippen LogP contribution in [0.15, 0.2) is 48.9 Å². The number of rotatable bonds is 3. The number of ether oxygens (including phenoxy) is 1. The first-order valence-electron chi connectivity index (χ1n) is 6.54. The zero-order valence-electron chi connectivity index (χ0n) is 11.4. The molecule has 2 aromatic rings. The Morgan fingerprint density at radius 2 is 2.05 bits per heavy atom. The van der Waals surface area contributed by atoms with Crippen LogP contribution < -0.4 is 5.32 Å². The van der Waals surface area contributed by atoms with E-state index in [4.69, 9.17) is 10.00 Å². The van der Waals surface area contributed by atoms with Crippen molar-refractivity contribution >= 4 is 21.6 Å². The molecule has 4 nitrogen and oxygen atoms in total. The average Bonchev–Trinajstić information content (AvgIpc) is 2.93. The van der Waals surface area contributed by atoms with Crippen LogP contribution in [0, 0.1) is 17.1 Å². The quantitative estimate of drug-likeness (QED) is 0.673. The number of benzene rings is 1. The molecule has 1 aromatic carbocycles. The molecule has 110 valence electrons. The minimum absolute atomic E-state index is 0.279. The predicted octanol–water partition coefficient (Wildman–Crippen LogP) is 3.41. The molecule has 0 bridgehead atoms. The first-order valence-corrected chi connectivity index (χ1v) is 7.33. The topological polar surface area (TPSA) is 57.9 Å². The molecule has 1 atom stereocenters. The molecule has 1 aliphatic heterocycles. The lowest BCUT2D eigenvalue weighted by atomic mass is 10.1. The second-order valence-electron chi connectivity index (χ2n) is 4.75. The van der Waals surface area contributed by atoms with E-state index in [1.165, 1.54) is 12.1 Å². The molecule has 6 heteroatoms. The van der Waals surface area contributed by atoms with Crippen LogP contribution in [-0.2, 0) is 15.8 Å². The van der Waals surface area contributed by atoms with Gasteiger partial charge in [0.15, 0.2) is 0 Å². The van der Waals surface area contributed by atoms with Gasteiger partial charge in [-0.3, -0.25) is 4.98 Å². The van der Waals surface area contributed by atoms with Crippen LogP contribution in [0.1, 0.15) is 16.8 Å². The predicted molar refractivity (Wildman–Crippen MR) is 82.8 cm³/mol. The number of hydrogen-bond donors (Lipinski definition) is 1. The standard InChI is InChI=1S/C16H11BrFN3O/c17-16(12-2-4-13(18)5-3-12)21-15(10-22-16)11-1-6-14(7-8-19)20-9-11/h1-6,9-10,21H,7H2. The first kappa shape index (κ1) is 14.5. The van der Waals surface area contributed by atoms with Crippen LogP contribution >= 0.6 is 15.9 Å². The largest absolute Gasteiger partial charge is 0.459 e. The Balaban J connectivity index is 1.78. The summed E-state index contributed by atoms with van der Waals surface area (Å²) in [7, 11) is 0. The number of alkyl halides is 1. The Labute approximate surface area is 135 Å². The van der Waals surface area contributed by atoms with Gasteiger partial charge in [0, 0.05) is 17.3 Å². The SMILES string of the molecule is N#CCc1ccc(C2=COC(Br)(c3ccc(F)cc3)N2)cn1. The van der Waals surface area contributed by atoms with Crippen molar-refractivity contribution in [2.75, 3.05) is 0 Å². The van der Waals surface area contributed by atoms with Crippen LogP contribution in [0.2, 0.25) is 0 Å². The number of nitriles is 1. The lowest BCUT2D eigenvalue weighted by Crippen LogP contribution is -2.32. The molecular formula is C16H11BrFN3O. The third-order valence-corrected chi connectivity index (χ3v) is 4.09. The fraction of sp³-hybridized carbons (Fsp3) is 0.125. The molecule has 0 spiro atoms. The summed E-state index contributed by atoms with van der Waals surface area (Å²) >= 11 is 3.48. The zero-order valence-corrected chi connectivity index (χ0v) is 13.0. The summed E-state index contributed by atoms with van der Waals surface area (Å²) in [6, 6.07) is 11.8. The number of halogens is 2. The summed E-state index contributed by atoms with van der Waals surface area (Å²) in [5.41, 5.74) is 3.05. The van der Waals surface area contributed by atoms with Gasteiger partial charge in [-0.15, -0.1) is 0 Å². The molecule has 0 saturated carbocycles. The summed E-state index contributed by atoms with van der Waals surface area (Å²) in [4.78, 5) is 4.22.